The molecule has 0 bridgehead atoms. The number of carbonyl (C=O) groups is 1. The van der Waals surface area contributed by atoms with Crippen molar-refractivity contribution in [2.45, 2.75) is 0 Å². The minimum atomic E-state index is -0.442. The van der Waals surface area contributed by atoms with Crippen LogP contribution in [-0.4, -0.2) is 28.4 Å². The number of ether oxygens (including phenoxy) is 1. The molecule has 0 aliphatic rings. The molecule has 0 saturated heterocycles. The number of H-pyrrole nitrogens is 1. The summed E-state index contributed by atoms with van der Waals surface area (Å²) in [6.45, 7) is 0. The molecule has 0 saturated carbocycles. The molecule has 24 heavy (non-hydrogen) atoms. The number of nitrogens with one attached hydrogen (secondary N) is 3. The average Bonchev–Trinajstić information content (AvgIpc) is 3.04. The third-order valence-corrected chi connectivity index (χ3v) is 3.44. The number of halogens is 1. The molecule has 3 rings (SSSR count). The molecule has 0 unspecified atom stereocenters. The minimum Gasteiger partial charge on any atom is -0.495 e. The monoisotopic (exact) mass is 343 g/mol. The average molecular weight is 344 g/mol. The fraction of sp³-hybridized carbons (Fsp3) is 0.0625. The summed E-state index contributed by atoms with van der Waals surface area (Å²) in [5.41, 5.74) is 1.37. The van der Waals surface area contributed by atoms with Crippen molar-refractivity contribution in [3.8, 4) is 5.75 Å². The first-order chi connectivity index (χ1) is 11.7. The summed E-state index contributed by atoms with van der Waals surface area (Å²) in [7, 11) is 1.51. The molecular weight excluding hydrogens is 330 g/mol. The van der Waals surface area contributed by atoms with Gasteiger partial charge in [-0.05, 0) is 30.3 Å². The van der Waals surface area contributed by atoms with Gasteiger partial charge in [-0.3, -0.25) is 4.79 Å². The molecule has 1 aromatic heterocycles. The van der Waals surface area contributed by atoms with Gasteiger partial charge < -0.3 is 15.4 Å². The third kappa shape index (κ3) is 3.47. The van der Waals surface area contributed by atoms with Crippen LogP contribution in [0.2, 0.25) is 5.02 Å². The second kappa shape index (κ2) is 7.01. The van der Waals surface area contributed by atoms with Crippen LogP contribution in [0.5, 0.6) is 5.75 Å². The van der Waals surface area contributed by atoms with E-state index in [1.807, 2.05) is 30.3 Å². The van der Waals surface area contributed by atoms with Crippen molar-refractivity contribution in [2.75, 3.05) is 17.7 Å². The molecule has 0 fully saturated rings. The van der Waals surface area contributed by atoms with Crippen molar-refractivity contribution in [3.05, 3.63) is 59.2 Å². The van der Waals surface area contributed by atoms with Gasteiger partial charge in [0.05, 0.1) is 12.8 Å². The maximum Gasteiger partial charge on any atom is 0.280 e. The zero-order chi connectivity index (χ0) is 16.9. The fourth-order valence-electron chi connectivity index (χ4n) is 2.09. The number of hydrogen-bond acceptors (Lipinski definition) is 5. The molecule has 3 N–H and O–H groups in total. The summed E-state index contributed by atoms with van der Waals surface area (Å²) in [4.78, 5) is 12.5. The summed E-state index contributed by atoms with van der Waals surface area (Å²) in [6.07, 6.45) is 0. The van der Waals surface area contributed by atoms with Crippen molar-refractivity contribution in [2.24, 2.45) is 0 Å². The van der Waals surface area contributed by atoms with Crippen molar-refractivity contribution < 1.29 is 9.53 Å². The van der Waals surface area contributed by atoms with Gasteiger partial charge in [0, 0.05) is 10.7 Å². The third-order valence-electron chi connectivity index (χ3n) is 3.21. The number of para-hydroxylation sites is 1. The Labute approximate surface area is 143 Å². The van der Waals surface area contributed by atoms with E-state index < -0.39 is 5.91 Å². The number of nitrogens with zero attached hydrogens (tertiary/aromatic N) is 2. The first-order valence-corrected chi connectivity index (χ1v) is 7.43. The topological polar surface area (TPSA) is 91.9 Å². The molecule has 0 aliphatic heterocycles. The lowest BCUT2D eigenvalue weighted by molar-refractivity contribution is 0.102. The summed E-state index contributed by atoms with van der Waals surface area (Å²) < 4.78 is 5.21. The van der Waals surface area contributed by atoms with Gasteiger partial charge in [-0.25, -0.2) is 0 Å². The number of aromatic nitrogens is 3. The second-order valence-electron chi connectivity index (χ2n) is 4.81. The SMILES string of the molecule is COc1ccc(Cl)cc1NC(=O)c1n[nH]nc1Nc1ccccc1. The molecule has 3 aromatic rings. The Kier molecular flexibility index (Phi) is 4.62. The van der Waals surface area contributed by atoms with Crippen molar-refractivity contribution in [3.63, 3.8) is 0 Å². The highest BCUT2D eigenvalue weighted by Gasteiger charge is 2.18. The highest BCUT2D eigenvalue weighted by molar-refractivity contribution is 6.31. The van der Waals surface area contributed by atoms with E-state index in [9.17, 15) is 4.79 Å². The number of aromatic amines is 1. The maximum absolute atomic E-state index is 12.5. The minimum absolute atomic E-state index is 0.126. The molecule has 8 heteroatoms. The molecule has 2 aromatic carbocycles. The molecule has 0 radical (unpaired) electrons. The number of carbonyl (C=O) groups excluding carboxylic acids is 1. The van der Waals surface area contributed by atoms with E-state index in [1.165, 1.54) is 7.11 Å². The molecule has 1 heterocycles. The Hall–Kier alpha value is -3.06. The zero-order valence-corrected chi connectivity index (χ0v) is 13.5. The van der Waals surface area contributed by atoms with Crippen molar-refractivity contribution in [1.82, 2.24) is 15.4 Å². The first-order valence-electron chi connectivity index (χ1n) is 7.05. The highest BCUT2D eigenvalue weighted by atomic mass is 35.5. The number of rotatable bonds is 5. The Morgan fingerprint density at radius 1 is 1.17 bits per heavy atom. The van der Waals surface area contributed by atoms with Gasteiger partial charge in [0.2, 0.25) is 0 Å². The van der Waals surface area contributed by atoms with Gasteiger partial charge in [0.25, 0.3) is 5.91 Å². The molecule has 7 nitrogen and oxygen atoms in total. The maximum atomic E-state index is 12.5. The lowest BCUT2D eigenvalue weighted by Gasteiger charge is -2.10. The normalized spacial score (nSPS) is 10.2. The Morgan fingerprint density at radius 3 is 2.71 bits per heavy atom. The molecular formula is C16H14ClN5O2. The smallest absolute Gasteiger partial charge is 0.280 e. The van der Waals surface area contributed by atoms with E-state index in [0.29, 0.717) is 22.3 Å². The lowest BCUT2D eigenvalue weighted by Crippen LogP contribution is -2.15. The van der Waals surface area contributed by atoms with E-state index in [1.54, 1.807) is 18.2 Å². The van der Waals surface area contributed by atoms with Gasteiger partial charge in [0.15, 0.2) is 11.5 Å². The molecule has 0 spiro atoms. The van der Waals surface area contributed by atoms with Crippen LogP contribution in [0.15, 0.2) is 48.5 Å². The van der Waals surface area contributed by atoms with Gasteiger partial charge in [0.1, 0.15) is 5.75 Å². The van der Waals surface area contributed by atoms with Crippen LogP contribution >= 0.6 is 11.6 Å². The highest BCUT2D eigenvalue weighted by Crippen LogP contribution is 2.28. The quantitative estimate of drug-likeness (QED) is 0.659. The molecule has 0 aliphatic carbocycles. The summed E-state index contributed by atoms with van der Waals surface area (Å²) in [5.74, 6) is 0.372. The predicted octanol–water partition coefficient (Wildman–Crippen LogP) is 3.46. The largest absolute Gasteiger partial charge is 0.495 e. The van der Waals surface area contributed by atoms with Crippen molar-refractivity contribution in [1.29, 1.82) is 0 Å². The van der Waals surface area contributed by atoms with Crippen LogP contribution in [0.1, 0.15) is 10.5 Å². The predicted molar refractivity (Wildman–Crippen MR) is 92.1 cm³/mol. The van der Waals surface area contributed by atoms with E-state index in [2.05, 4.69) is 26.0 Å². The Morgan fingerprint density at radius 2 is 1.96 bits per heavy atom. The fourth-order valence-corrected chi connectivity index (χ4v) is 2.27. The number of amides is 1. The van der Waals surface area contributed by atoms with Gasteiger partial charge in [-0.15, -0.1) is 10.2 Å². The van der Waals surface area contributed by atoms with Gasteiger partial charge in [-0.1, -0.05) is 29.8 Å². The number of anilines is 3. The van der Waals surface area contributed by atoms with Gasteiger partial charge in [-0.2, -0.15) is 5.21 Å². The molecule has 1 amide bonds. The molecule has 122 valence electrons. The van der Waals surface area contributed by atoms with Crippen LogP contribution < -0.4 is 15.4 Å². The molecule has 0 atom stereocenters. The summed E-state index contributed by atoms with van der Waals surface area (Å²) in [5, 5.41) is 16.6. The van der Waals surface area contributed by atoms with Crippen LogP contribution in [-0.2, 0) is 0 Å². The van der Waals surface area contributed by atoms with Crippen LogP contribution in [0.25, 0.3) is 0 Å². The second-order valence-corrected chi connectivity index (χ2v) is 5.25. The van der Waals surface area contributed by atoms with E-state index in [4.69, 9.17) is 16.3 Å². The Balaban J connectivity index is 1.82. The number of benzene rings is 2. The number of methoxy groups -OCH3 is 1. The van der Waals surface area contributed by atoms with Crippen molar-refractivity contribution >= 4 is 34.7 Å². The van der Waals surface area contributed by atoms with Crippen LogP contribution in [0.3, 0.4) is 0 Å². The van der Waals surface area contributed by atoms with E-state index >= 15 is 0 Å². The standard InChI is InChI=1S/C16H14ClN5O2/c1-24-13-8-7-10(17)9-12(13)19-16(23)14-15(21-22-20-14)18-11-5-3-2-4-6-11/h2-9H,1H3,(H,19,23)(H2,18,20,21,22). The summed E-state index contributed by atoms with van der Waals surface area (Å²) in [6, 6.07) is 14.3. The Bertz CT molecular complexity index is 851. The van der Waals surface area contributed by atoms with Gasteiger partial charge >= 0.3 is 0 Å². The zero-order valence-electron chi connectivity index (χ0n) is 12.7. The van der Waals surface area contributed by atoms with E-state index in [0.717, 1.165) is 5.69 Å². The van der Waals surface area contributed by atoms with E-state index in [-0.39, 0.29) is 5.69 Å². The summed E-state index contributed by atoms with van der Waals surface area (Å²) >= 11 is 5.97. The first kappa shape index (κ1) is 15.8. The number of hydrogen-bond donors (Lipinski definition) is 3. The van der Waals surface area contributed by atoms with Crippen LogP contribution in [0.4, 0.5) is 17.2 Å². The van der Waals surface area contributed by atoms with Crippen LogP contribution in [0, 0.1) is 0 Å². The lowest BCUT2D eigenvalue weighted by atomic mass is 10.2.